The topological polar surface area (TPSA) is 70.1 Å². The summed E-state index contributed by atoms with van der Waals surface area (Å²) in [5.41, 5.74) is 0. The first kappa shape index (κ1) is 15.8. The Bertz CT molecular complexity index is 318. The van der Waals surface area contributed by atoms with Crippen molar-refractivity contribution in [1.29, 1.82) is 0 Å². The summed E-state index contributed by atoms with van der Waals surface area (Å²) in [5, 5.41) is 8.93. The molecule has 1 unspecified atom stereocenters. The number of methoxy groups -OCH3 is 1. The van der Waals surface area contributed by atoms with Crippen LogP contribution in [0.1, 0.15) is 26.7 Å². The van der Waals surface area contributed by atoms with E-state index in [1.54, 1.807) is 12.0 Å². The van der Waals surface area contributed by atoms with Crippen molar-refractivity contribution in [2.45, 2.75) is 32.7 Å². The second-order valence-corrected chi connectivity index (χ2v) is 5.09. The van der Waals surface area contributed by atoms with Crippen LogP contribution in [-0.2, 0) is 9.53 Å². The number of ether oxygens (including phenoxy) is 1. The van der Waals surface area contributed by atoms with Crippen molar-refractivity contribution >= 4 is 12.0 Å². The number of aliphatic carboxylic acids is 1. The first-order chi connectivity index (χ1) is 8.99. The average Bonchev–Trinajstić information content (AvgIpc) is 3.12. The maximum absolute atomic E-state index is 12.4. The van der Waals surface area contributed by atoms with Gasteiger partial charge < -0.3 is 19.6 Å². The number of rotatable bonds is 8. The fourth-order valence-electron chi connectivity index (χ4n) is 2.13. The monoisotopic (exact) mass is 272 g/mol. The van der Waals surface area contributed by atoms with Crippen LogP contribution in [0.3, 0.4) is 0 Å². The van der Waals surface area contributed by atoms with Crippen molar-refractivity contribution in [3.05, 3.63) is 0 Å². The third-order valence-electron chi connectivity index (χ3n) is 3.30. The molecule has 1 aliphatic rings. The van der Waals surface area contributed by atoms with Crippen molar-refractivity contribution in [1.82, 2.24) is 9.80 Å². The molecule has 110 valence electrons. The molecule has 0 aromatic carbocycles. The van der Waals surface area contributed by atoms with E-state index in [0.717, 1.165) is 12.8 Å². The zero-order chi connectivity index (χ0) is 14.4. The van der Waals surface area contributed by atoms with E-state index >= 15 is 0 Å². The maximum atomic E-state index is 12.4. The number of likely N-dealkylation sites (N-methyl/N-ethyl adjacent to an activating group) is 1. The predicted molar refractivity (Wildman–Crippen MR) is 71.0 cm³/mol. The van der Waals surface area contributed by atoms with E-state index < -0.39 is 5.97 Å². The molecule has 0 aromatic heterocycles. The summed E-state index contributed by atoms with van der Waals surface area (Å²) < 4.78 is 5.06. The third kappa shape index (κ3) is 5.06. The molecule has 0 saturated heterocycles. The Hall–Kier alpha value is -1.30. The summed E-state index contributed by atoms with van der Waals surface area (Å²) in [6.07, 6.45) is 2.17. The van der Waals surface area contributed by atoms with Crippen LogP contribution >= 0.6 is 0 Å². The molecular formula is C13H24N2O4. The molecule has 0 radical (unpaired) electrons. The minimum absolute atomic E-state index is 0.0574. The summed E-state index contributed by atoms with van der Waals surface area (Å²) in [6, 6.07) is -0.264. The molecule has 1 atom stereocenters. The molecule has 0 aromatic rings. The lowest BCUT2D eigenvalue weighted by molar-refractivity contribution is -0.137. The number of amides is 2. The lowest BCUT2D eigenvalue weighted by Gasteiger charge is -2.33. The van der Waals surface area contributed by atoms with Gasteiger partial charge in [0.25, 0.3) is 0 Å². The third-order valence-corrected chi connectivity index (χ3v) is 3.30. The van der Waals surface area contributed by atoms with Crippen molar-refractivity contribution in [3.8, 4) is 0 Å². The first-order valence-electron chi connectivity index (χ1n) is 6.75. The number of hydrogen-bond donors (Lipinski definition) is 1. The fourth-order valence-corrected chi connectivity index (χ4v) is 2.13. The summed E-state index contributed by atoms with van der Waals surface area (Å²) in [4.78, 5) is 26.4. The number of carboxylic acid groups (broad SMARTS) is 1. The summed E-state index contributed by atoms with van der Waals surface area (Å²) in [6.45, 7) is 5.10. The Morgan fingerprint density at radius 3 is 2.47 bits per heavy atom. The average molecular weight is 272 g/mol. The van der Waals surface area contributed by atoms with Crippen LogP contribution in [0, 0.1) is 5.92 Å². The van der Waals surface area contributed by atoms with Crippen LogP contribution in [0.15, 0.2) is 0 Å². The van der Waals surface area contributed by atoms with Gasteiger partial charge in [-0.25, -0.2) is 4.79 Å². The quantitative estimate of drug-likeness (QED) is 0.722. The van der Waals surface area contributed by atoms with Gasteiger partial charge in [0, 0.05) is 20.2 Å². The number of carbonyl (C=O) groups excluding carboxylic acids is 1. The van der Waals surface area contributed by atoms with Gasteiger partial charge in [0.05, 0.1) is 12.6 Å². The molecule has 0 spiro atoms. The minimum Gasteiger partial charge on any atom is -0.480 e. The number of nitrogens with zero attached hydrogens (tertiary/aromatic N) is 2. The molecule has 1 fully saturated rings. The molecule has 6 heteroatoms. The van der Waals surface area contributed by atoms with Gasteiger partial charge in [0.2, 0.25) is 0 Å². The molecule has 0 bridgehead atoms. The molecular weight excluding hydrogens is 248 g/mol. The fraction of sp³-hybridized carbons (Fsp3) is 0.846. The van der Waals surface area contributed by atoms with Crippen molar-refractivity contribution in [2.75, 3.05) is 33.4 Å². The highest BCUT2D eigenvalue weighted by atomic mass is 16.5. The Balaban J connectivity index is 2.67. The van der Waals surface area contributed by atoms with Crippen LogP contribution in [0.25, 0.3) is 0 Å². The smallest absolute Gasteiger partial charge is 0.323 e. The highest BCUT2D eigenvalue weighted by Crippen LogP contribution is 2.30. The lowest BCUT2D eigenvalue weighted by Crippen LogP contribution is -2.50. The van der Waals surface area contributed by atoms with E-state index in [9.17, 15) is 9.59 Å². The van der Waals surface area contributed by atoms with Crippen molar-refractivity contribution < 1.29 is 19.4 Å². The minimum atomic E-state index is -0.968. The molecule has 1 rings (SSSR count). The first-order valence-corrected chi connectivity index (χ1v) is 6.75. The van der Waals surface area contributed by atoms with Gasteiger partial charge in [-0.15, -0.1) is 0 Å². The van der Waals surface area contributed by atoms with Gasteiger partial charge in [-0.3, -0.25) is 4.79 Å². The highest BCUT2D eigenvalue weighted by Gasteiger charge is 2.31. The van der Waals surface area contributed by atoms with Crippen LogP contribution in [-0.4, -0.2) is 66.3 Å². The molecule has 0 heterocycles. The number of hydrogen-bond acceptors (Lipinski definition) is 3. The zero-order valence-corrected chi connectivity index (χ0v) is 12.0. The van der Waals surface area contributed by atoms with E-state index in [4.69, 9.17) is 9.84 Å². The Labute approximate surface area is 114 Å². The van der Waals surface area contributed by atoms with E-state index in [2.05, 4.69) is 0 Å². The number of urea groups is 1. The zero-order valence-electron chi connectivity index (χ0n) is 12.0. The number of carbonyl (C=O) groups is 2. The van der Waals surface area contributed by atoms with Crippen LogP contribution in [0.2, 0.25) is 0 Å². The number of carboxylic acids is 1. The summed E-state index contributed by atoms with van der Waals surface area (Å²) in [7, 11) is 1.59. The molecule has 0 aliphatic heterocycles. The summed E-state index contributed by atoms with van der Waals surface area (Å²) in [5.74, 6) is -0.496. The summed E-state index contributed by atoms with van der Waals surface area (Å²) >= 11 is 0. The van der Waals surface area contributed by atoms with Crippen LogP contribution in [0.5, 0.6) is 0 Å². The Kier molecular flexibility index (Phi) is 6.08. The van der Waals surface area contributed by atoms with Gasteiger partial charge in [-0.2, -0.15) is 0 Å². The molecule has 6 nitrogen and oxygen atoms in total. The van der Waals surface area contributed by atoms with Gasteiger partial charge >= 0.3 is 12.0 Å². The van der Waals surface area contributed by atoms with Gasteiger partial charge in [0.1, 0.15) is 6.54 Å². The van der Waals surface area contributed by atoms with Crippen molar-refractivity contribution in [3.63, 3.8) is 0 Å². The van der Waals surface area contributed by atoms with Crippen LogP contribution in [0.4, 0.5) is 4.79 Å². The highest BCUT2D eigenvalue weighted by molar-refractivity contribution is 5.80. The second-order valence-electron chi connectivity index (χ2n) is 5.09. The van der Waals surface area contributed by atoms with Crippen LogP contribution < -0.4 is 0 Å². The predicted octanol–water partition coefficient (Wildman–Crippen LogP) is 1.26. The van der Waals surface area contributed by atoms with Gasteiger partial charge in [-0.1, -0.05) is 0 Å². The SMILES string of the molecule is CCN(C(=O)N(CC(=O)O)CC1CC1)C(C)COC. The lowest BCUT2D eigenvalue weighted by atomic mass is 10.3. The van der Waals surface area contributed by atoms with Crippen molar-refractivity contribution in [2.24, 2.45) is 5.92 Å². The van der Waals surface area contributed by atoms with Gasteiger partial charge in [-0.05, 0) is 32.6 Å². The standard InChI is InChI=1S/C13H24N2O4/c1-4-15(10(2)9-19-3)13(18)14(8-12(16)17)7-11-5-6-11/h10-11H,4-9H2,1-3H3,(H,16,17). The molecule has 2 amide bonds. The largest absolute Gasteiger partial charge is 0.480 e. The second kappa shape index (κ2) is 7.33. The molecule has 1 saturated carbocycles. The Morgan fingerprint density at radius 1 is 1.42 bits per heavy atom. The maximum Gasteiger partial charge on any atom is 0.323 e. The molecule has 1 N–H and O–H groups in total. The van der Waals surface area contributed by atoms with E-state index in [1.165, 1.54) is 4.90 Å². The molecule has 19 heavy (non-hydrogen) atoms. The Morgan fingerprint density at radius 2 is 2.05 bits per heavy atom. The van der Waals surface area contributed by atoms with E-state index in [1.807, 2.05) is 13.8 Å². The van der Waals surface area contributed by atoms with Gasteiger partial charge in [0.15, 0.2) is 0 Å². The normalized spacial score (nSPS) is 15.9. The molecule has 1 aliphatic carbocycles. The van der Waals surface area contributed by atoms with E-state index in [-0.39, 0.29) is 18.6 Å². The van der Waals surface area contributed by atoms with E-state index in [0.29, 0.717) is 25.6 Å².